The molecule has 6 nitrogen and oxygen atoms in total. The molecule has 1 fully saturated rings. The molecular formula is C18H17Cl2NO5. The van der Waals surface area contributed by atoms with Crippen molar-refractivity contribution in [3.63, 3.8) is 0 Å². The number of anilines is 2. The summed E-state index contributed by atoms with van der Waals surface area (Å²) in [5, 5.41) is 21.9. The number of hydrogen-bond donors (Lipinski definition) is 3. The smallest absolute Gasteiger partial charge is 0.307 e. The van der Waals surface area contributed by atoms with Gasteiger partial charge in [-0.15, -0.1) is 0 Å². The zero-order chi connectivity index (χ0) is 18.7. The molecule has 8 heteroatoms. The van der Waals surface area contributed by atoms with E-state index in [1.54, 1.807) is 36.4 Å². The van der Waals surface area contributed by atoms with Gasteiger partial charge in [0.2, 0.25) is 0 Å². The second kappa shape index (κ2) is 8.14. The third-order valence-electron chi connectivity index (χ3n) is 3.99. The Bertz CT molecular complexity index is 789. The van der Waals surface area contributed by atoms with Crippen LogP contribution >= 0.6 is 23.2 Å². The van der Waals surface area contributed by atoms with Crippen LogP contribution in [-0.2, 0) is 16.0 Å². The Kier molecular flexibility index (Phi) is 5.88. The molecule has 2 aromatic rings. The summed E-state index contributed by atoms with van der Waals surface area (Å²) in [6, 6.07) is 10.3. The number of nitrogens with one attached hydrogen (secondary N) is 1. The molecule has 1 saturated heterocycles. The highest BCUT2D eigenvalue weighted by atomic mass is 35.5. The molecule has 26 heavy (non-hydrogen) atoms. The Morgan fingerprint density at radius 3 is 2.54 bits per heavy atom. The molecule has 0 amide bonds. The van der Waals surface area contributed by atoms with E-state index < -0.39 is 5.97 Å². The lowest BCUT2D eigenvalue weighted by Crippen LogP contribution is -2.50. The largest absolute Gasteiger partial charge is 0.485 e. The molecule has 0 aromatic heterocycles. The van der Waals surface area contributed by atoms with Crippen LogP contribution in [0, 0.1) is 0 Å². The van der Waals surface area contributed by atoms with Crippen molar-refractivity contribution in [2.24, 2.45) is 0 Å². The van der Waals surface area contributed by atoms with E-state index in [0.717, 1.165) is 0 Å². The van der Waals surface area contributed by atoms with Crippen LogP contribution in [0.2, 0.25) is 10.0 Å². The minimum atomic E-state index is -0.929. The number of carboxylic acid groups (broad SMARTS) is 1. The SMILES string of the molecule is O=C(O)Cc1ccccc1Nc1c(Cl)cc(OC2COC2CO)cc1Cl. The second-order valence-corrected chi connectivity index (χ2v) is 6.64. The van der Waals surface area contributed by atoms with Crippen LogP contribution in [0.4, 0.5) is 11.4 Å². The van der Waals surface area contributed by atoms with Gasteiger partial charge in [0.15, 0.2) is 6.10 Å². The number of hydrogen-bond acceptors (Lipinski definition) is 5. The molecule has 1 aliphatic rings. The molecule has 1 heterocycles. The van der Waals surface area contributed by atoms with E-state index in [4.69, 9.17) is 42.9 Å². The van der Waals surface area contributed by atoms with Crippen LogP contribution in [-0.4, -0.2) is 41.6 Å². The normalized spacial score (nSPS) is 18.9. The zero-order valence-corrected chi connectivity index (χ0v) is 15.1. The van der Waals surface area contributed by atoms with Crippen molar-refractivity contribution in [2.45, 2.75) is 18.6 Å². The van der Waals surface area contributed by atoms with E-state index in [1.165, 1.54) is 0 Å². The first-order valence-electron chi connectivity index (χ1n) is 7.93. The molecule has 3 N–H and O–H groups in total. The maximum atomic E-state index is 11.0. The molecule has 2 aromatic carbocycles. The van der Waals surface area contributed by atoms with Gasteiger partial charge < -0.3 is 25.0 Å². The summed E-state index contributed by atoms with van der Waals surface area (Å²) in [4.78, 5) is 11.0. The van der Waals surface area contributed by atoms with Gasteiger partial charge in [-0.05, 0) is 11.6 Å². The lowest BCUT2D eigenvalue weighted by atomic mass is 10.1. The van der Waals surface area contributed by atoms with E-state index in [0.29, 0.717) is 39.3 Å². The number of aliphatic carboxylic acids is 1. The predicted molar refractivity (Wildman–Crippen MR) is 98.8 cm³/mol. The van der Waals surface area contributed by atoms with Gasteiger partial charge in [-0.2, -0.15) is 0 Å². The van der Waals surface area contributed by atoms with Gasteiger partial charge in [0.1, 0.15) is 11.9 Å². The molecule has 0 spiro atoms. The summed E-state index contributed by atoms with van der Waals surface area (Å²) in [6.07, 6.45) is -0.723. The van der Waals surface area contributed by atoms with Crippen molar-refractivity contribution < 1.29 is 24.5 Å². The van der Waals surface area contributed by atoms with E-state index in [2.05, 4.69) is 5.32 Å². The van der Waals surface area contributed by atoms with Gasteiger partial charge in [0.05, 0.1) is 35.4 Å². The number of ether oxygens (including phenoxy) is 2. The fourth-order valence-corrected chi connectivity index (χ4v) is 3.16. The fraction of sp³-hybridized carbons (Fsp3) is 0.278. The van der Waals surface area contributed by atoms with E-state index in [9.17, 15) is 4.79 Å². The Morgan fingerprint density at radius 1 is 1.27 bits per heavy atom. The number of para-hydroxylation sites is 1. The van der Waals surface area contributed by atoms with Gasteiger partial charge in [-0.3, -0.25) is 4.79 Å². The summed E-state index contributed by atoms with van der Waals surface area (Å²) in [5.74, 6) is -0.461. The zero-order valence-electron chi connectivity index (χ0n) is 13.6. The maximum absolute atomic E-state index is 11.0. The van der Waals surface area contributed by atoms with Gasteiger partial charge >= 0.3 is 5.97 Å². The first kappa shape index (κ1) is 18.8. The molecule has 138 valence electrons. The lowest BCUT2D eigenvalue weighted by molar-refractivity contribution is -0.165. The first-order chi connectivity index (χ1) is 12.5. The first-order valence-corrected chi connectivity index (χ1v) is 8.68. The van der Waals surface area contributed by atoms with Crippen molar-refractivity contribution in [3.8, 4) is 5.75 Å². The molecule has 3 rings (SSSR count). The predicted octanol–water partition coefficient (Wildman–Crippen LogP) is 3.50. The van der Waals surface area contributed by atoms with Crippen LogP contribution in [0.3, 0.4) is 0 Å². The van der Waals surface area contributed by atoms with E-state index in [-0.39, 0.29) is 25.2 Å². The number of carbonyl (C=O) groups is 1. The molecule has 2 atom stereocenters. The summed E-state index contributed by atoms with van der Waals surface area (Å²) < 4.78 is 10.9. The number of benzene rings is 2. The average Bonchev–Trinajstić information content (AvgIpc) is 2.56. The third kappa shape index (κ3) is 4.22. The van der Waals surface area contributed by atoms with Crippen LogP contribution in [0.15, 0.2) is 36.4 Å². The standard InChI is InChI=1S/C18H17Cl2NO5/c19-12-6-11(26-16-9-25-15(16)8-22)7-13(20)18(12)21-14-4-2-1-3-10(14)5-17(23)24/h1-4,6-7,15-16,21-22H,5,8-9H2,(H,23,24). The van der Waals surface area contributed by atoms with Crippen molar-refractivity contribution >= 4 is 40.5 Å². The van der Waals surface area contributed by atoms with Crippen LogP contribution in [0.25, 0.3) is 0 Å². The molecule has 0 radical (unpaired) electrons. The topological polar surface area (TPSA) is 88.0 Å². The van der Waals surface area contributed by atoms with Gasteiger partial charge in [0.25, 0.3) is 0 Å². The van der Waals surface area contributed by atoms with Crippen molar-refractivity contribution in [1.82, 2.24) is 0 Å². The molecule has 0 saturated carbocycles. The highest BCUT2D eigenvalue weighted by Gasteiger charge is 2.33. The van der Waals surface area contributed by atoms with Crippen molar-refractivity contribution in [2.75, 3.05) is 18.5 Å². The highest BCUT2D eigenvalue weighted by Crippen LogP contribution is 2.38. The van der Waals surface area contributed by atoms with Crippen LogP contribution in [0.1, 0.15) is 5.56 Å². The quantitative estimate of drug-likeness (QED) is 0.662. The third-order valence-corrected chi connectivity index (χ3v) is 4.59. The Hall–Kier alpha value is -1.99. The number of aliphatic hydroxyl groups excluding tert-OH is 1. The molecule has 1 aliphatic heterocycles. The average molecular weight is 398 g/mol. The minimum Gasteiger partial charge on any atom is -0.485 e. The van der Waals surface area contributed by atoms with Gasteiger partial charge in [-0.1, -0.05) is 41.4 Å². The molecule has 2 unspecified atom stereocenters. The van der Waals surface area contributed by atoms with Crippen LogP contribution in [0.5, 0.6) is 5.75 Å². The highest BCUT2D eigenvalue weighted by molar-refractivity contribution is 6.39. The van der Waals surface area contributed by atoms with E-state index in [1.807, 2.05) is 0 Å². The monoisotopic (exact) mass is 397 g/mol. The number of halogens is 2. The van der Waals surface area contributed by atoms with Crippen LogP contribution < -0.4 is 10.1 Å². The lowest BCUT2D eigenvalue weighted by Gasteiger charge is -2.35. The number of rotatable bonds is 7. The van der Waals surface area contributed by atoms with Gasteiger partial charge in [-0.25, -0.2) is 0 Å². The minimum absolute atomic E-state index is 0.119. The molecule has 0 aliphatic carbocycles. The molecule has 0 bridgehead atoms. The fourth-order valence-electron chi connectivity index (χ4n) is 2.60. The number of aliphatic hydroxyl groups is 1. The van der Waals surface area contributed by atoms with Crippen molar-refractivity contribution in [1.29, 1.82) is 0 Å². The summed E-state index contributed by atoms with van der Waals surface area (Å²) in [6.45, 7) is 0.273. The van der Waals surface area contributed by atoms with E-state index >= 15 is 0 Å². The second-order valence-electron chi connectivity index (χ2n) is 5.83. The number of carboxylic acids is 1. The Morgan fingerprint density at radius 2 is 1.96 bits per heavy atom. The Labute approximate surface area is 160 Å². The summed E-state index contributed by atoms with van der Waals surface area (Å²) in [7, 11) is 0. The molecular weight excluding hydrogens is 381 g/mol. The summed E-state index contributed by atoms with van der Waals surface area (Å²) in [5.41, 5.74) is 1.69. The summed E-state index contributed by atoms with van der Waals surface area (Å²) >= 11 is 12.7. The van der Waals surface area contributed by atoms with Gasteiger partial charge in [0, 0.05) is 17.8 Å². The maximum Gasteiger partial charge on any atom is 0.307 e. The van der Waals surface area contributed by atoms with Crippen molar-refractivity contribution in [3.05, 3.63) is 52.0 Å². The Balaban J connectivity index is 1.80.